The van der Waals surface area contributed by atoms with Gasteiger partial charge in [0, 0.05) is 34.9 Å². The van der Waals surface area contributed by atoms with E-state index in [1.807, 2.05) is 51.1 Å². The second-order valence-corrected chi connectivity index (χ2v) is 8.30. The number of rotatable bonds is 7. The van der Waals surface area contributed by atoms with E-state index in [-0.39, 0.29) is 10.8 Å². The second-order valence-electron chi connectivity index (χ2n) is 5.98. The Bertz CT molecular complexity index is 486. The Morgan fingerprint density at radius 1 is 1.27 bits per heavy atom. The normalized spacial score (nSPS) is 12.5. The molecule has 0 aliphatic carbocycles. The molecule has 0 bridgehead atoms. The van der Waals surface area contributed by atoms with Crippen LogP contribution < -0.4 is 10.1 Å². The maximum absolute atomic E-state index is 11.9. The molecule has 0 radical (unpaired) electrons. The van der Waals surface area contributed by atoms with Gasteiger partial charge in [0.15, 0.2) is 0 Å². The van der Waals surface area contributed by atoms with Crippen molar-refractivity contribution in [1.82, 2.24) is 10.2 Å². The lowest BCUT2D eigenvalue weighted by atomic mass is 10.3. The third-order valence-electron chi connectivity index (χ3n) is 3.03. The molecule has 0 heterocycles. The molecule has 0 unspecified atom stereocenters. The van der Waals surface area contributed by atoms with Crippen molar-refractivity contribution >= 4 is 16.8 Å². The second kappa shape index (κ2) is 8.78. The molecule has 0 aromatic heterocycles. The number of hydrogen-bond donors (Lipinski definition) is 1. The minimum Gasteiger partial charge on any atom is -0.492 e. The number of urea groups is 1. The van der Waals surface area contributed by atoms with Gasteiger partial charge in [-0.05, 0) is 32.9 Å². The number of ether oxygens (including phenoxy) is 1. The van der Waals surface area contributed by atoms with Crippen molar-refractivity contribution in [2.45, 2.75) is 25.5 Å². The van der Waals surface area contributed by atoms with E-state index in [2.05, 4.69) is 5.32 Å². The number of nitrogens with one attached hydrogen (secondary N) is 1. The van der Waals surface area contributed by atoms with Gasteiger partial charge in [-0.25, -0.2) is 4.79 Å². The van der Waals surface area contributed by atoms with Crippen molar-refractivity contribution in [3.8, 4) is 5.75 Å². The molecule has 124 valence electrons. The van der Waals surface area contributed by atoms with Crippen LogP contribution in [0.4, 0.5) is 4.79 Å². The monoisotopic (exact) mass is 326 g/mol. The zero-order valence-corrected chi connectivity index (χ0v) is 14.6. The van der Waals surface area contributed by atoms with Crippen molar-refractivity contribution < 1.29 is 13.7 Å². The van der Waals surface area contributed by atoms with Gasteiger partial charge in [0.1, 0.15) is 12.4 Å². The van der Waals surface area contributed by atoms with Gasteiger partial charge >= 0.3 is 6.03 Å². The van der Waals surface area contributed by atoms with E-state index in [0.29, 0.717) is 25.4 Å². The van der Waals surface area contributed by atoms with Crippen molar-refractivity contribution in [2.24, 2.45) is 0 Å². The topological polar surface area (TPSA) is 58.6 Å². The van der Waals surface area contributed by atoms with Crippen molar-refractivity contribution in [3.63, 3.8) is 0 Å². The van der Waals surface area contributed by atoms with E-state index in [0.717, 1.165) is 5.75 Å². The molecular weight excluding hydrogens is 300 g/mol. The van der Waals surface area contributed by atoms with E-state index >= 15 is 0 Å². The SMILES string of the molecule is CN(CCOc1ccccc1)C(=O)NCC[S@](=O)C(C)(C)C. The van der Waals surface area contributed by atoms with Crippen LogP contribution in [0.25, 0.3) is 0 Å². The zero-order chi connectivity index (χ0) is 16.6. The summed E-state index contributed by atoms with van der Waals surface area (Å²) < 4.78 is 17.2. The van der Waals surface area contributed by atoms with E-state index in [1.54, 1.807) is 11.9 Å². The van der Waals surface area contributed by atoms with Crippen molar-refractivity contribution in [1.29, 1.82) is 0 Å². The lowest BCUT2D eigenvalue weighted by Gasteiger charge is -2.20. The molecule has 0 saturated carbocycles. The van der Waals surface area contributed by atoms with Gasteiger partial charge in [0.05, 0.1) is 6.54 Å². The first-order valence-electron chi connectivity index (χ1n) is 7.36. The molecule has 1 atom stereocenters. The van der Waals surface area contributed by atoms with Crippen LogP contribution in [0.1, 0.15) is 20.8 Å². The van der Waals surface area contributed by atoms with E-state index in [9.17, 15) is 9.00 Å². The number of amides is 2. The lowest BCUT2D eigenvalue weighted by Crippen LogP contribution is -2.41. The minimum absolute atomic E-state index is 0.178. The molecule has 1 aromatic rings. The molecule has 0 saturated heterocycles. The fourth-order valence-corrected chi connectivity index (χ4v) is 2.51. The van der Waals surface area contributed by atoms with Crippen LogP contribution >= 0.6 is 0 Å². The molecule has 0 spiro atoms. The molecule has 0 fully saturated rings. The Labute approximate surface area is 135 Å². The Morgan fingerprint density at radius 3 is 2.50 bits per heavy atom. The summed E-state index contributed by atoms with van der Waals surface area (Å²) in [5.74, 6) is 1.25. The summed E-state index contributed by atoms with van der Waals surface area (Å²) in [5, 5.41) is 2.77. The molecule has 1 aromatic carbocycles. The summed E-state index contributed by atoms with van der Waals surface area (Å²) in [6.07, 6.45) is 0. The molecule has 0 aliphatic rings. The van der Waals surface area contributed by atoms with Crippen LogP contribution in [0.2, 0.25) is 0 Å². The first-order valence-corrected chi connectivity index (χ1v) is 8.68. The van der Waals surface area contributed by atoms with Gasteiger partial charge in [0.25, 0.3) is 0 Å². The molecule has 1 rings (SSSR count). The van der Waals surface area contributed by atoms with Gasteiger partial charge in [-0.1, -0.05) is 18.2 Å². The standard InChI is InChI=1S/C16H26N2O3S/c1-16(2,3)22(20)13-10-17-15(19)18(4)11-12-21-14-8-6-5-7-9-14/h5-9H,10-13H2,1-4H3,(H,17,19)/t22-/m0/s1. The molecule has 22 heavy (non-hydrogen) atoms. The van der Waals surface area contributed by atoms with E-state index < -0.39 is 10.8 Å². The van der Waals surface area contributed by atoms with Gasteiger partial charge in [-0.2, -0.15) is 0 Å². The van der Waals surface area contributed by atoms with Crippen LogP contribution in [0.5, 0.6) is 5.75 Å². The molecule has 5 nitrogen and oxygen atoms in total. The van der Waals surface area contributed by atoms with Crippen LogP contribution in [0.15, 0.2) is 30.3 Å². The molecule has 0 aliphatic heterocycles. The highest BCUT2D eigenvalue weighted by Gasteiger charge is 2.19. The Morgan fingerprint density at radius 2 is 1.91 bits per heavy atom. The number of carbonyl (C=O) groups excluding carboxylic acids is 1. The first-order chi connectivity index (χ1) is 10.3. The largest absolute Gasteiger partial charge is 0.492 e. The summed E-state index contributed by atoms with van der Waals surface area (Å²) in [6, 6.07) is 9.31. The number of benzene rings is 1. The highest BCUT2D eigenvalue weighted by molar-refractivity contribution is 7.86. The quantitative estimate of drug-likeness (QED) is 0.836. The van der Waals surface area contributed by atoms with Crippen LogP contribution in [-0.4, -0.2) is 52.4 Å². The third kappa shape index (κ3) is 6.93. The molecule has 6 heteroatoms. The van der Waals surface area contributed by atoms with Gasteiger partial charge in [0.2, 0.25) is 0 Å². The number of nitrogens with zero attached hydrogens (tertiary/aromatic N) is 1. The smallest absolute Gasteiger partial charge is 0.317 e. The molecule has 2 amide bonds. The predicted molar refractivity (Wildman–Crippen MR) is 90.7 cm³/mol. The average Bonchev–Trinajstić information content (AvgIpc) is 2.47. The summed E-state index contributed by atoms with van der Waals surface area (Å²) in [4.78, 5) is 13.4. The Hall–Kier alpha value is -1.56. The fourth-order valence-electron chi connectivity index (χ4n) is 1.61. The zero-order valence-electron chi connectivity index (χ0n) is 13.8. The Kier molecular flexibility index (Phi) is 7.38. The van der Waals surface area contributed by atoms with Gasteiger partial charge in [-0.15, -0.1) is 0 Å². The van der Waals surface area contributed by atoms with Gasteiger partial charge < -0.3 is 15.0 Å². The van der Waals surface area contributed by atoms with E-state index in [4.69, 9.17) is 4.74 Å². The highest BCUT2D eigenvalue weighted by atomic mass is 32.2. The molecular formula is C16H26N2O3S. The number of carbonyl (C=O) groups is 1. The Balaban J connectivity index is 2.21. The first kappa shape index (κ1) is 18.5. The minimum atomic E-state index is -0.955. The number of hydrogen-bond acceptors (Lipinski definition) is 3. The number of likely N-dealkylation sites (N-methyl/N-ethyl adjacent to an activating group) is 1. The molecule has 1 N–H and O–H groups in total. The average molecular weight is 326 g/mol. The maximum atomic E-state index is 11.9. The predicted octanol–water partition coefficient (Wildman–Crippen LogP) is 2.25. The number of para-hydroxylation sites is 1. The third-order valence-corrected chi connectivity index (χ3v) is 4.97. The van der Waals surface area contributed by atoms with E-state index in [1.165, 1.54) is 0 Å². The summed E-state index contributed by atoms with van der Waals surface area (Å²) in [5.41, 5.74) is 0. The van der Waals surface area contributed by atoms with Crippen LogP contribution in [-0.2, 0) is 10.8 Å². The maximum Gasteiger partial charge on any atom is 0.317 e. The van der Waals surface area contributed by atoms with Gasteiger partial charge in [-0.3, -0.25) is 4.21 Å². The fraction of sp³-hybridized carbons (Fsp3) is 0.562. The van der Waals surface area contributed by atoms with Crippen LogP contribution in [0.3, 0.4) is 0 Å². The van der Waals surface area contributed by atoms with Crippen molar-refractivity contribution in [3.05, 3.63) is 30.3 Å². The summed E-state index contributed by atoms with van der Waals surface area (Å²) >= 11 is 0. The lowest BCUT2D eigenvalue weighted by molar-refractivity contribution is 0.196. The summed E-state index contributed by atoms with van der Waals surface area (Å²) in [7, 11) is 0.758. The highest BCUT2D eigenvalue weighted by Crippen LogP contribution is 2.10. The van der Waals surface area contributed by atoms with Crippen molar-refractivity contribution in [2.75, 3.05) is 32.5 Å². The summed E-state index contributed by atoms with van der Waals surface area (Å²) in [6.45, 7) is 7.12. The van der Waals surface area contributed by atoms with Crippen LogP contribution in [0, 0.1) is 0 Å².